The number of aryl methyl sites for hydroxylation is 2. The largest absolute Gasteiger partial charge is 0.419 e. The molecule has 2 aromatic heterocycles. The van der Waals surface area contributed by atoms with Gasteiger partial charge in [-0.2, -0.15) is 0 Å². The topological polar surface area (TPSA) is 79.0 Å². The first-order valence-corrected chi connectivity index (χ1v) is 5.45. The molecule has 6 nitrogen and oxygen atoms in total. The van der Waals surface area contributed by atoms with E-state index in [-0.39, 0.29) is 5.76 Å². The van der Waals surface area contributed by atoms with Crippen LogP contribution in [0.15, 0.2) is 33.6 Å². The second-order valence-electron chi connectivity index (χ2n) is 4.20. The molecule has 0 saturated heterocycles. The van der Waals surface area contributed by atoms with E-state index < -0.39 is 0 Å². The zero-order valence-corrected chi connectivity index (χ0v) is 10.0. The van der Waals surface area contributed by atoms with Crippen LogP contribution in [0.4, 0.5) is 5.95 Å². The molecule has 0 atom stereocenters. The Hall–Kier alpha value is -2.50. The highest BCUT2D eigenvalue weighted by molar-refractivity contribution is 5.79. The number of oxazole rings is 1. The molecule has 0 bridgehead atoms. The number of aromatic nitrogens is 3. The maximum absolute atomic E-state index is 11.4. The fraction of sp³-hybridized carbons (Fsp3) is 0.167. The number of hydrogen-bond acceptors (Lipinski definition) is 4. The Morgan fingerprint density at radius 2 is 2.11 bits per heavy atom. The summed E-state index contributed by atoms with van der Waals surface area (Å²) in [4.78, 5) is 15.6. The lowest BCUT2D eigenvalue weighted by atomic mass is 10.1. The molecule has 0 amide bonds. The van der Waals surface area contributed by atoms with Gasteiger partial charge in [-0.1, -0.05) is 6.07 Å². The fourth-order valence-corrected chi connectivity index (χ4v) is 1.91. The quantitative estimate of drug-likeness (QED) is 0.695. The van der Waals surface area contributed by atoms with Crippen molar-refractivity contribution in [2.24, 2.45) is 14.1 Å². The van der Waals surface area contributed by atoms with E-state index in [1.165, 1.54) is 4.57 Å². The summed E-state index contributed by atoms with van der Waals surface area (Å²) in [6, 6.07) is 5.51. The minimum Gasteiger partial charge on any atom is -0.408 e. The van der Waals surface area contributed by atoms with Gasteiger partial charge < -0.3 is 14.7 Å². The van der Waals surface area contributed by atoms with Crippen LogP contribution >= 0.6 is 0 Å². The summed E-state index contributed by atoms with van der Waals surface area (Å²) in [6.45, 7) is 0. The standard InChI is InChI=1S/C12H12N4O2/c1-15-6-8(14-11(15)13)7-3-4-9-10(5-7)18-12(17)16(9)2/h3-6H,1-2H3,(H2,13,14). The molecule has 0 unspecified atom stereocenters. The molecule has 0 aliphatic heterocycles. The molecule has 0 aliphatic carbocycles. The molecule has 1 aromatic carbocycles. The predicted octanol–water partition coefficient (Wildman–Crippen LogP) is 1.11. The lowest BCUT2D eigenvalue weighted by Crippen LogP contribution is -2.08. The maximum atomic E-state index is 11.4. The van der Waals surface area contributed by atoms with Crippen LogP contribution in [0.5, 0.6) is 0 Å². The van der Waals surface area contributed by atoms with Gasteiger partial charge in [0.2, 0.25) is 0 Å². The minimum absolute atomic E-state index is 0.373. The van der Waals surface area contributed by atoms with E-state index in [1.54, 1.807) is 17.7 Å². The van der Waals surface area contributed by atoms with Crippen LogP contribution in [0, 0.1) is 0 Å². The molecule has 0 spiro atoms. The van der Waals surface area contributed by atoms with Gasteiger partial charge in [0.1, 0.15) is 0 Å². The monoisotopic (exact) mass is 244 g/mol. The second kappa shape index (κ2) is 3.49. The number of fused-ring (bicyclic) bond motifs is 1. The predicted molar refractivity (Wildman–Crippen MR) is 68.1 cm³/mol. The lowest BCUT2D eigenvalue weighted by Gasteiger charge is -1.96. The van der Waals surface area contributed by atoms with Crippen LogP contribution in [0.3, 0.4) is 0 Å². The van der Waals surface area contributed by atoms with Crippen molar-refractivity contribution in [1.29, 1.82) is 0 Å². The van der Waals surface area contributed by atoms with Gasteiger partial charge >= 0.3 is 5.76 Å². The zero-order valence-electron chi connectivity index (χ0n) is 10.0. The van der Waals surface area contributed by atoms with Gasteiger partial charge in [0, 0.05) is 25.9 Å². The summed E-state index contributed by atoms with van der Waals surface area (Å²) in [5.41, 5.74) is 8.61. The third kappa shape index (κ3) is 1.42. The van der Waals surface area contributed by atoms with Crippen LogP contribution in [0.2, 0.25) is 0 Å². The van der Waals surface area contributed by atoms with Gasteiger partial charge in [0.15, 0.2) is 11.5 Å². The molecule has 0 saturated carbocycles. The van der Waals surface area contributed by atoms with E-state index in [4.69, 9.17) is 10.2 Å². The van der Waals surface area contributed by atoms with Gasteiger partial charge in [-0.25, -0.2) is 9.78 Å². The van der Waals surface area contributed by atoms with Crippen molar-refractivity contribution in [1.82, 2.24) is 14.1 Å². The highest BCUT2D eigenvalue weighted by Crippen LogP contribution is 2.23. The summed E-state index contributed by atoms with van der Waals surface area (Å²) in [5.74, 6) is 0.0716. The molecule has 0 radical (unpaired) electrons. The van der Waals surface area contributed by atoms with E-state index in [0.717, 1.165) is 16.8 Å². The summed E-state index contributed by atoms with van der Waals surface area (Å²) in [6.07, 6.45) is 1.83. The van der Waals surface area contributed by atoms with Gasteiger partial charge in [-0.3, -0.25) is 4.57 Å². The molecule has 0 aliphatic rings. The number of imidazole rings is 1. The van der Waals surface area contributed by atoms with E-state index in [2.05, 4.69) is 4.98 Å². The van der Waals surface area contributed by atoms with Crippen LogP contribution < -0.4 is 11.5 Å². The molecule has 2 N–H and O–H groups in total. The number of rotatable bonds is 1. The number of nitrogens with two attached hydrogens (primary N) is 1. The Balaban J connectivity index is 2.22. The van der Waals surface area contributed by atoms with E-state index >= 15 is 0 Å². The van der Waals surface area contributed by atoms with Crippen LogP contribution in [0.25, 0.3) is 22.4 Å². The summed E-state index contributed by atoms with van der Waals surface area (Å²) in [5, 5.41) is 0. The normalized spacial score (nSPS) is 11.2. The molecular weight excluding hydrogens is 232 g/mol. The second-order valence-corrected chi connectivity index (χ2v) is 4.20. The summed E-state index contributed by atoms with van der Waals surface area (Å²) in [7, 11) is 3.50. The summed E-state index contributed by atoms with van der Waals surface area (Å²) < 4.78 is 8.34. The van der Waals surface area contributed by atoms with Crippen LogP contribution in [-0.4, -0.2) is 14.1 Å². The molecule has 3 aromatic rings. The van der Waals surface area contributed by atoms with E-state index in [0.29, 0.717) is 11.5 Å². The Bertz CT molecular complexity index is 775. The van der Waals surface area contributed by atoms with Crippen molar-refractivity contribution in [2.45, 2.75) is 0 Å². The number of benzene rings is 1. The lowest BCUT2D eigenvalue weighted by molar-refractivity contribution is 0.528. The highest BCUT2D eigenvalue weighted by atomic mass is 16.4. The fourth-order valence-electron chi connectivity index (χ4n) is 1.91. The molecular formula is C12H12N4O2. The first kappa shape index (κ1) is 10.6. The van der Waals surface area contributed by atoms with Crippen LogP contribution in [0.1, 0.15) is 0 Å². The van der Waals surface area contributed by atoms with Gasteiger partial charge in [0.25, 0.3) is 0 Å². The van der Waals surface area contributed by atoms with Crippen LogP contribution in [-0.2, 0) is 14.1 Å². The SMILES string of the molecule is Cn1cc(-c2ccc3c(c2)oc(=O)n3C)nc1N. The third-order valence-corrected chi connectivity index (χ3v) is 3.00. The minimum atomic E-state index is -0.373. The van der Waals surface area contributed by atoms with Gasteiger partial charge in [0.05, 0.1) is 11.2 Å². The average Bonchev–Trinajstić information content (AvgIpc) is 2.81. The van der Waals surface area contributed by atoms with Crippen molar-refractivity contribution >= 4 is 17.0 Å². The Morgan fingerprint density at radius 1 is 1.33 bits per heavy atom. The smallest absolute Gasteiger partial charge is 0.408 e. The van der Waals surface area contributed by atoms with E-state index in [9.17, 15) is 4.79 Å². The van der Waals surface area contributed by atoms with Crippen molar-refractivity contribution in [3.8, 4) is 11.3 Å². The first-order valence-electron chi connectivity index (χ1n) is 5.45. The third-order valence-electron chi connectivity index (χ3n) is 3.00. The molecule has 92 valence electrons. The van der Waals surface area contributed by atoms with Crippen molar-refractivity contribution in [3.05, 3.63) is 34.9 Å². The number of anilines is 1. The molecule has 18 heavy (non-hydrogen) atoms. The Morgan fingerprint density at radius 3 is 2.78 bits per heavy atom. The summed E-state index contributed by atoms with van der Waals surface area (Å²) >= 11 is 0. The average molecular weight is 244 g/mol. The first-order chi connectivity index (χ1) is 8.56. The Labute approximate surface area is 102 Å². The zero-order chi connectivity index (χ0) is 12.9. The highest BCUT2D eigenvalue weighted by Gasteiger charge is 2.09. The maximum Gasteiger partial charge on any atom is 0.419 e. The molecule has 2 heterocycles. The molecule has 0 fully saturated rings. The van der Waals surface area contributed by atoms with E-state index in [1.807, 2.05) is 25.4 Å². The number of hydrogen-bond donors (Lipinski definition) is 1. The van der Waals surface area contributed by atoms with Crippen molar-refractivity contribution < 1.29 is 4.42 Å². The number of nitrogens with zero attached hydrogens (tertiary/aromatic N) is 3. The number of nitrogen functional groups attached to an aromatic ring is 1. The van der Waals surface area contributed by atoms with Gasteiger partial charge in [-0.15, -0.1) is 0 Å². The van der Waals surface area contributed by atoms with Gasteiger partial charge in [-0.05, 0) is 12.1 Å². The van der Waals surface area contributed by atoms with Crippen molar-refractivity contribution in [2.75, 3.05) is 5.73 Å². The molecule has 3 rings (SSSR count). The molecule has 6 heteroatoms. The Kier molecular flexibility index (Phi) is 2.07. The van der Waals surface area contributed by atoms with Crippen molar-refractivity contribution in [3.63, 3.8) is 0 Å².